The van der Waals surface area contributed by atoms with Gasteiger partial charge in [-0.3, -0.25) is 0 Å². The Labute approximate surface area is 104 Å². The lowest BCUT2D eigenvalue weighted by Crippen LogP contribution is -2.16. The van der Waals surface area contributed by atoms with Gasteiger partial charge in [0.2, 0.25) is 0 Å². The molecule has 0 atom stereocenters. The summed E-state index contributed by atoms with van der Waals surface area (Å²) in [7, 11) is 0. The second kappa shape index (κ2) is 5.65. The Morgan fingerprint density at radius 2 is 2.18 bits per heavy atom. The van der Waals surface area contributed by atoms with Crippen LogP contribution in [0.4, 0.5) is 0 Å². The number of nitrogens with one attached hydrogen (secondary N) is 1. The van der Waals surface area contributed by atoms with Crippen molar-refractivity contribution in [1.82, 2.24) is 10.3 Å². The number of hydrogen-bond donors (Lipinski definition) is 3. The zero-order valence-electron chi connectivity index (χ0n) is 9.26. The summed E-state index contributed by atoms with van der Waals surface area (Å²) in [5, 5.41) is 24.0. The average molecular weight is 250 g/mol. The van der Waals surface area contributed by atoms with Gasteiger partial charge >= 0.3 is 0 Å². The molecule has 0 aliphatic heterocycles. The fourth-order valence-corrected chi connectivity index (χ4v) is 2.10. The number of thiazole rings is 1. The van der Waals surface area contributed by atoms with Crippen LogP contribution in [0, 0.1) is 0 Å². The second-order valence-electron chi connectivity index (χ2n) is 3.72. The molecule has 17 heavy (non-hydrogen) atoms. The highest BCUT2D eigenvalue weighted by atomic mass is 32.1. The summed E-state index contributed by atoms with van der Waals surface area (Å²) in [6.45, 7) is 1.39. The van der Waals surface area contributed by atoms with Crippen molar-refractivity contribution < 1.29 is 10.2 Å². The topological polar surface area (TPSA) is 65.4 Å². The molecule has 0 unspecified atom stereocenters. The molecule has 3 N–H and O–H groups in total. The van der Waals surface area contributed by atoms with Crippen molar-refractivity contribution in [3.8, 4) is 11.5 Å². The minimum atomic E-state index is 0.0775. The van der Waals surface area contributed by atoms with Gasteiger partial charge in [-0.25, -0.2) is 4.98 Å². The smallest absolute Gasteiger partial charge is 0.123 e. The van der Waals surface area contributed by atoms with E-state index in [1.165, 1.54) is 6.07 Å². The Morgan fingerprint density at radius 3 is 2.88 bits per heavy atom. The van der Waals surface area contributed by atoms with Crippen LogP contribution >= 0.6 is 11.3 Å². The molecule has 4 nitrogen and oxygen atoms in total. The van der Waals surface area contributed by atoms with Crippen molar-refractivity contribution in [2.45, 2.75) is 13.0 Å². The lowest BCUT2D eigenvalue weighted by atomic mass is 10.2. The molecule has 5 heteroatoms. The standard InChI is InChI=1S/C12H14N2O2S/c15-11-2-1-9(12(16)5-11)6-13-4-3-10-7-17-8-14-10/h1-2,5,7-8,13,15-16H,3-4,6H2. The van der Waals surface area contributed by atoms with Gasteiger partial charge in [0.25, 0.3) is 0 Å². The third-order valence-electron chi connectivity index (χ3n) is 2.43. The second-order valence-corrected chi connectivity index (χ2v) is 4.44. The van der Waals surface area contributed by atoms with E-state index in [9.17, 15) is 5.11 Å². The van der Waals surface area contributed by atoms with Crippen molar-refractivity contribution in [3.63, 3.8) is 0 Å². The van der Waals surface area contributed by atoms with Crippen LogP contribution in [0.15, 0.2) is 29.1 Å². The van der Waals surface area contributed by atoms with E-state index in [0.29, 0.717) is 6.54 Å². The zero-order valence-corrected chi connectivity index (χ0v) is 10.1. The maximum Gasteiger partial charge on any atom is 0.123 e. The van der Waals surface area contributed by atoms with E-state index in [1.54, 1.807) is 23.5 Å². The summed E-state index contributed by atoms with van der Waals surface area (Å²) in [6, 6.07) is 4.62. The van der Waals surface area contributed by atoms with Gasteiger partial charge in [0.05, 0.1) is 11.2 Å². The molecule has 0 saturated heterocycles. The molecule has 1 aromatic carbocycles. The number of phenolic OH excluding ortho intramolecular Hbond substituents is 2. The van der Waals surface area contributed by atoms with E-state index in [1.807, 2.05) is 10.9 Å². The van der Waals surface area contributed by atoms with Crippen LogP contribution in [0.2, 0.25) is 0 Å². The van der Waals surface area contributed by atoms with E-state index >= 15 is 0 Å². The first-order valence-electron chi connectivity index (χ1n) is 5.34. The molecule has 2 rings (SSSR count). The van der Waals surface area contributed by atoms with Crippen molar-refractivity contribution in [1.29, 1.82) is 0 Å². The van der Waals surface area contributed by atoms with Gasteiger partial charge in [-0.2, -0.15) is 0 Å². The predicted molar refractivity (Wildman–Crippen MR) is 67.3 cm³/mol. The molecule has 1 heterocycles. The van der Waals surface area contributed by atoms with Gasteiger partial charge in [-0.15, -0.1) is 11.3 Å². The number of phenols is 2. The Bertz CT molecular complexity index is 471. The van der Waals surface area contributed by atoms with Gasteiger partial charge in [-0.1, -0.05) is 6.07 Å². The SMILES string of the molecule is Oc1ccc(CNCCc2cscn2)c(O)c1. The van der Waals surface area contributed by atoms with Crippen LogP contribution < -0.4 is 5.32 Å². The number of benzene rings is 1. The number of rotatable bonds is 5. The Hall–Kier alpha value is -1.59. The predicted octanol–water partition coefficient (Wildman–Crippen LogP) is 1.89. The van der Waals surface area contributed by atoms with Crippen molar-refractivity contribution >= 4 is 11.3 Å². The molecule has 0 spiro atoms. The third-order valence-corrected chi connectivity index (χ3v) is 3.06. The maximum absolute atomic E-state index is 9.56. The molecule has 0 saturated carbocycles. The Morgan fingerprint density at radius 1 is 1.29 bits per heavy atom. The molecule has 0 aliphatic carbocycles. The van der Waals surface area contributed by atoms with Crippen LogP contribution in [0.1, 0.15) is 11.3 Å². The van der Waals surface area contributed by atoms with Gasteiger partial charge in [-0.05, 0) is 6.07 Å². The molecule has 0 fully saturated rings. The highest BCUT2D eigenvalue weighted by molar-refractivity contribution is 7.07. The van der Waals surface area contributed by atoms with Gasteiger partial charge in [0.15, 0.2) is 0 Å². The summed E-state index contributed by atoms with van der Waals surface area (Å²) in [5.74, 6) is 0.194. The number of aromatic hydroxyl groups is 2. The largest absolute Gasteiger partial charge is 0.508 e. The lowest BCUT2D eigenvalue weighted by molar-refractivity contribution is 0.444. The van der Waals surface area contributed by atoms with Crippen LogP contribution in [0.5, 0.6) is 11.5 Å². The third kappa shape index (κ3) is 3.44. The molecule has 0 radical (unpaired) electrons. The van der Waals surface area contributed by atoms with E-state index in [2.05, 4.69) is 10.3 Å². The molecular formula is C12H14N2O2S. The minimum Gasteiger partial charge on any atom is -0.508 e. The number of aromatic nitrogens is 1. The molecule has 2 aromatic rings. The average Bonchev–Trinajstić information content (AvgIpc) is 2.79. The van der Waals surface area contributed by atoms with E-state index in [0.717, 1.165) is 24.2 Å². The summed E-state index contributed by atoms with van der Waals surface area (Å²) >= 11 is 1.59. The Balaban J connectivity index is 1.78. The fourth-order valence-electron chi connectivity index (χ4n) is 1.50. The first kappa shape index (κ1) is 11.9. The van der Waals surface area contributed by atoms with Crippen molar-refractivity contribution in [2.24, 2.45) is 0 Å². The number of nitrogens with zero attached hydrogens (tertiary/aromatic N) is 1. The summed E-state index contributed by atoms with van der Waals surface area (Å²) in [5.41, 5.74) is 3.68. The van der Waals surface area contributed by atoms with E-state index in [-0.39, 0.29) is 11.5 Å². The highest BCUT2D eigenvalue weighted by Gasteiger charge is 2.01. The first-order valence-corrected chi connectivity index (χ1v) is 6.28. The van der Waals surface area contributed by atoms with Crippen LogP contribution in [0.3, 0.4) is 0 Å². The van der Waals surface area contributed by atoms with Crippen molar-refractivity contribution in [3.05, 3.63) is 40.3 Å². The quantitative estimate of drug-likeness (QED) is 0.709. The molecular weight excluding hydrogens is 236 g/mol. The minimum absolute atomic E-state index is 0.0775. The monoisotopic (exact) mass is 250 g/mol. The molecule has 0 bridgehead atoms. The van der Waals surface area contributed by atoms with Crippen LogP contribution in [0.25, 0.3) is 0 Å². The van der Waals surface area contributed by atoms with Crippen LogP contribution in [-0.2, 0) is 13.0 Å². The first-order chi connectivity index (χ1) is 8.25. The van der Waals surface area contributed by atoms with Gasteiger partial charge < -0.3 is 15.5 Å². The summed E-state index contributed by atoms with van der Waals surface area (Å²) in [4.78, 5) is 4.19. The number of hydrogen-bond acceptors (Lipinski definition) is 5. The lowest BCUT2D eigenvalue weighted by Gasteiger charge is -2.06. The zero-order chi connectivity index (χ0) is 12.1. The highest BCUT2D eigenvalue weighted by Crippen LogP contribution is 2.22. The summed E-state index contributed by atoms with van der Waals surface area (Å²) < 4.78 is 0. The van der Waals surface area contributed by atoms with Crippen molar-refractivity contribution in [2.75, 3.05) is 6.54 Å². The van der Waals surface area contributed by atoms with E-state index < -0.39 is 0 Å². The van der Waals surface area contributed by atoms with Gasteiger partial charge in [0, 0.05) is 36.5 Å². The summed E-state index contributed by atoms with van der Waals surface area (Å²) in [6.07, 6.45) is 0.877. The van der Waals surface area contributed by atoms with E-state index in [4.69, 9.17) is 5.11 Å². The van der Waals surface area contributed by atoms with Crippen LogP contribution in [-0.4, -0.2) is 21.7 Å². The molecule has 0 aliphatic rings. The molecule has 1 aromatic heterocycles. The molecule has 90 valence electrons. The normalized spacial score (nSPS) is 10.6. The Kier molecular flexibility index (Phi) is 3.95. The molecule has 0 amide bonds. The fraction of sp³-hybridized carbons (Fsp3) is 0.250. The maximum atomic E-state index is 9.56. The van der Waals surface area contributed by atoms with Gasteiger partial charge in [0.1, 0.15) is 11.5 Å².